The number of amides is 2. The second-order valence-corrected chi connectivity index (χ2v) is 8.04. The van der Waals surface area contributed by atoms with E-state index >= 15 is 0 Å². The van der Waals surface area contributed by atoms with Crippen molar-refractivity contribution in [2.45, 2.75) is 19.8 Å². The van der Waals surface area contributed by atoms with Crippen LogP contribution >= 0.6 is 15.9 Å². The van der Waals surface area contributed by atoms with Crippen LogP contribution in [0.5, 0.6) is 0 Å². The molecule has 0 atom stereocenters. The lowest BCUT2D eigenvalue weighted by Crippen LogP contribution is -2.19. The highest BCUT2D eigenvalue weighted by molar-refractivity contribution is 9.10. The van der Waals surface area contributed by atoms with Gasteiger partial charge in [-0.2, -0.15) is 5.10 Å². The van der Waals surface area contributed by atoms with Gasteiger partial charge in [-0.05, 0) is 57.7 Å². The molecule has 0 saturated carbocycles. The number of aromatic nitrogens is 2. The molecule has 0 spiro atoms. The molecule has 7 heteroatoms. The van der Waals surface area contributed by atoms with Crippen molar-refractivity contribution in [3.63, 3.8) is 0 Å². The van der Waals surface area contributed by atoms with E-state index < -0.39 is 0 Å². The zero-order valence-corrected chi connectivity index (χ0v) is 17.9. The topological polar surface area (TPSA) is 72.1 Å². The quantitative estimate of drug-likeness (QED) is 0.378. The van der Waals surface area contributed by atoms with Crippen molar-refractivity contribution in [2.75, 3.05) is 10.6 Å². The van der Waals surface area contributed by atoms with E-state index in [1.807, 2.05) is 49.5 Å². The normalized spacial score (nSPS) is 11.2. The second-order valence-electron chi connectivity index (χ2n) is 7.18. The Kier molecular flexibility index (Phi) is 5.15. The van der Waals surface area contributed by atoms with E-state index in [4.69, 9.17) is 4.42 Å². The number of hydrogen-bond acceptors (Lipinski definition) is 3. The molecule has 0 fully saturated rings. The predicted molar refractivity (Wildman–Crippen MR) is 119 cm³/mol. The van der Waals surface area contributed by atoms with Gasteiger partial charge in [-0.25, -0.2) is 4.79 Å². The maximum absolute atomic E-state index is 12.5. The van der Waals surface area contributed by atoms with E-state index in [2.05, 4.69) is 45.5 Å². The predicted octanol–water partition coefficient (Wildman–Crippen LogP) is 6.36. The minimum atomic E-state index is -0.305. The van der Waals surface area contributed by atoms with Gasteiger partial charge in [-0.1, -0.05) is 26.0 Å². The van der Waals surface area contributed by atoms with Gasteiger partial charge in [-0.3, -0.25) is 4.68 Å². The van der Waals surface area contributed by atoms with Crippen LogP contribution < -0.4 is 10.6 Å². The van der Waals surface area contributed by atoms with E-state index in [0.717, 1.165) is 32.4 Å². The lowest BCUT2D eigenvalue weighted by atomic mass is 10.0. The first-order valence-corrected chi connectivity index (χ1v) is 10.1. The molecular weight excluding hydrogens is 432 g/mol. The Morgan fingerprint density at radius 2 is 1.83 bits per heavy atom. The summed E-state index contributed by atoms with van der Waals surface area (Å²) in [6.07, 6.45) is 3.37. The smallest absolute Gasteiger partial charge is 0.323 e. The number of hydrogen-bond donors (Lipinski definition) is 2. The van der Waals surface area contributed by atoms with Crippen LogP contribution in [-0.2, 0) is 7.05 Å². The van der Waals surface area contributed by atoms with E-state index in [0.29, 0.717) is 11.6 Å². The Labute approximate surface area is 177 Å². The summed E-state index contributed by atoms with van der Waals surface area (Å²) in [6.45, 7) is 4.28. The van der Waals surface area contributed by atoms with Gasteiger partial charge in [0.05, 0.1) is 22.6 Å². The van der Waals surface area contributed by atoms with Crippen molar-refractivity contribution in [2.24, 2.45) is 7.05 Å². The zero-order chi connectivity index (χ0) is 20.5. The van der Waals surface area contributed by atoms with Gasteiger partial charge in [0.15, 0.2) is 0 Å². The van der Waals surface area contributed by atoms with Gasteiger partial charge >= 0.3 is 6.03 Å². The molecule has 0 unspecified atom stereocenters. The highest BCUT2D eigenvalue weighted by Crippen LogP contribution is 2.36. The van der Waals surface area contributed by atoms with Crippen molar-refractivity contribution in [1.29, 1.82) is 0 Å². The zero-order valence-electron chi connectivity index (χ0n) is 16.4. The summed E-state index contributed by atoms with van der Waals surface area (Å²) >= 11 is 3.54. The van der Waals surface area contributed by atoms with Crippen molar-refractivity contribution in [3.8, 4) is 11.3 Å². The fraction of sp³-hybridized carbons (Fsp3) is 0.182. The molecule has 2 aromatic carbocycles. The molecule has 0 aliphatic heterocycles. The molecule has 2 heterocycles. The number of carbonyl (C=O) groups excluding carboxylic acids is 1. The van der Waals surface area contributed by atoms with Crippen LogP contribution in [0.2, 0.25) is 0 Å². The average molecular weight is 453 g/mol. The summed E-state index contributed by atoms with van der Waals surface area (Å²) in [5, 5.41) is 11.0. The summed E-state index contributed by atoms with van der Waals surface area (Å²) in [5.74, 6) is 0.448. The van der Waals surface area contributed by atoms with Crippen molar-refractivity contribution in [1.82, 2.24) is 9.78 Å². The van der Waals surface area contributed by atoms with Crippen molar-refractivity contribution < 1.29 is 9.21 Å². The van der Waals surface area contributed by atoms with E-state index in [1.165, 1.54) is 5.56 Å². The van der Waals surface area contributed by atoms with Crippen molar-refractivity contribution >= 4 is 44.3 Å². The Morgan fingerprint density at radius 3 is 2.48 bits per heavy atom. The van der Waals surface area contributed by atoms with Gasteiger partial charge in [0.25, 0.3) is 0 Å². The van der Waals surface area contributed by atoms with Crippen LogP contribution in [-0.4, -0.2) is 15.8 Å². The molecule has 2 aromatic heterocycles. The molecule has 0 radical (unpaired) electrons. The first-order valence-electron chi connectivity index (χ1n) is 9.29. The average Bonchev–Trinajstić information content (AvgIpc) is 3.28. The third-order valence-electron chi connectivity index (χ3n) is 4.79. The fourth-order valence-corrected chi connectivity index (χ4v) is 3.85. The molecule has 4 rings (SSSR count). The van der Waals surface area contributed by atoms with Crippen LogP contribution in [0.3, 0.4) is 0 Å². The lowest BCUT2D eigenvalue weighted by molar-refractivity contribution is 0.262. The Hall–Kier alpha value is -3.06. The molecular formula is C22H21BrN4O2. The molecule has 2 N–H and O–H groups in total. The number of carbonyl (C=O) groups is 1. The number of anilines is 2. The number of benzene rings is 2. The summed E-state index contributed by atoms with van der Waals surface area (Å²) in [5.41, 5.74) is 5.09. The maximum Gasteiger partial charge on any atom is 0.323 e. The number of fused-ring (bicyclic) bond motifs is 1. The summed E-state index contributed by atoms with van der Waals surface area (Å²) in [4.78, 5) is 12.5. The Balaban J connectivity index is 1.60. The molecule has 2 amide bonds. The molecule has 0 bridgehead atoms. The van der Waals surface area contributed by atoms with Crippen LogP contribution in [0.25, 0.3) is 22.2 Å². The summed E-state index contributed by atoms with van der Waals surface area (Å²) in [6, 6.07) is 13.2. The minimum Gasteiger partial charge on any atom is -0.464 e. The van der Waals surface area contributed by atoms with Crippen molar-refractivity contribution in [3.05, 3.63) is 65.0 Å². The van der Waals surface area contributed by atoms with Gasteiger partial charge in [0.2, 0.25) is 0 Å². The van der Waals surface area contributed by atoms with Gasteiger partial charge in [0.1, 0.15) is 5.58 Å². The number of furan rings is 1. The summed E-state index contributed by atoms with van der Waals surface area (Å²) < 4.78 is 8.30. The maximum atomic E-state index is 12.5. The highest BCUT2D eigenvalue weighted by atomic mass is 79.9. The van der Waals surface area contributed by atoms with E-state index in [1.54, 1.807) is 17.1 Å². The van der Waals surface area contributed by atoms with Gasteiger partial charge in [0, 0.05) is 29.4 Å². The largest absolute Gasteiger partial charge is 0.464 e. The number of halogens is 1. The first-order chi connectivity index (χ1) is 13.9. The van der Waals surface area contributed by atoms with E-state index in [9.17, 15) is 4.79 Å². The van der Waals surface area contributed by atoms with Crippen LogP contribution in [0.4, 0.5) is 16.2 Å². The highest BCUT2D eigenvalue weighted by Gasteiger charge is 2.16. The lowest BCUT2D eigenvalue weighted by Gasteiger charge is -2.11. The van der Waals surface area contributed by atoms with Crippen LogP contribution in [0, 0.1) is 0 Å². The number of nitrogens with zero attached hydrogens (tertiary/aromatic N) is 2. The van der Waals surface area contributed by atoms with Gasteiger partial charge in [-0.15, -0.1) is 0 Å². The SMILES string of the molecule is CC(C)c1ccc(NC(=O)Nc2cc(-c3c(Br)cnn3C)c3occc3c2)cc1. The van der Waals surface area contributed by atoms with Crippen LogP contribution in [0.1, 0.15) is 25.3 Å². The molecule has 4 aromatic rings. The monoisotopic (exact) mass is 452 g/mol. The van der Waals surface area contributed by atoms with E-state index in [-0.39, 0.29) is 6.03 Å². The number of nitrogens with one attached hydrogen (secondary N) is 2. The summed E-state index contributed by atoms with van der Waals surface area (Å²) in [7, 11) is 1.86. The number of aryl methyl sites for hydroxylation is 1. The third-order valence-corrected chi connectivity index (χ3v) is 5.37. The standard InChI is InChI=1S/C22H21BrN4O2/c1-13(2)14-4-6-16(7-5-14)25-22(28)26-17-10-15-8-9-29-21(15)18(11-17)20-19(23)12-24-27(20)3/h4-13H,1-3H3,(H2,25,26,28). The number of rotatable bonds is 4. The Morgan fingerprint density at radius 1 is 1.10 bits per heavy atom. The molecule has 148 valence electrons. The van der Waals surface area contributed by atoms with Gasteiger partial charge < -0.3 is 15.1 Å². The Bertz CT molecular complexity index is 1160. The minimum absolute atomic E-state index is 0.305. The molecule has 0 aliphatic carbocycles. The van der Waals surface area contributed by atoms with Crippen LogP contribution in [0.15, 0.2) is 63.8 Å². The second kappa shape index (κ2) is 7.75. The first kappa shape index (κ1) is 19.3. The third kappa shape index (κ3) is 3.91. The molecule has 29 heavy (non-hydrogen) atoms. The molecule has 0 aliphatic rings. The molecule has 0 saturated heterocycles. The fourth-order valence-electron chi connectivity index (χ4n) is 3.29. The number of urea groups is 1. The molecule has 6 nitrogen and oxygen atoms in total.